The van der Waals surface area contributed by atoms with E-state index in [1.54, 1.807) is 37.6 Å². The van der Waals surface area contributed by atoms with Crippen molar-refractivity contribution in [1.29, 1.82) is 0 Å². The van der Waals surface area contributed by atoms with Gasteiger partial charge in [0, 0.05) is 28.5 Å². The van der Waals surface area contributed by atoms with Crippen LogP contribution in [0.3, 0.4) is 0 Å². The van der Waals surface area contributed by atoms with E-state index in [2.05, 4.69) is 4.98 Å². The fourth-order valence-corrected chi connectivity index (χ4v) is 3.05. The number of hydrogen-bond acceptors (Lipinski definition) is 7. The maximum atomic E-state index is 12.3. The van der Waals surface area contributed by atoms with Gasteiger partial charge >= 0.3 is 11.0 Å². The lowest BCUT2D eigenvalue weighted by Gasteiger charge is -2.08. The second-order valence-corrected chi connectivity index (χ2v) is 6.20. The first-order valence-corrected chi connectivity index (χ1v) is 8.20. The van der Waals surface area contributed by atoms with E-state index in [4.69, 9.17) is 9.47 Å². The molecular formula is C17H14N2O5S. The monoisotopic (exact) mass is 358 g/mol. The van der Waals surface area contributed by atoms with Gasteiger partial charge in [-0.2, -0.15) is 0 Å². The second kappa shape index (κ2) is 6.86. The predicted molar refractivity (Wildman–Crippen MR) is 93.1 cm³/mol. The fraction of sp³-hybridized carbons (Fsp3) is 0.176. The summed E-state index contributed by atoms with van der Waals surface area (Å²) in [5.74, 6) is 0.172. The van der Waals surface area contributed by atoms with Crippen molar-refractivity contribution in [2.24, 2.45) is 0 Å². The minimum Gasteiger partial charge on any atom is -0.497 e. The molecular weight excluding hydrogens is 344 g/mol. The second-order valence-electron chi connectivity index (χ2n) is 5.31. The molecule has 0 spiro atoms. The van der Waals surface area contributed by atoms with Crippen LogP contribution in [0, 0.1) is 17.0 Å². The molecule has 3 rings (SSSR count). The Bertz CT molecular complexity index is 967. The number of carbonyl (C=O) groups is 1. The van der Waals surface area contributed by atoms with Crippen LogP contribution in [0.2, 0.25) is 0 Å². The molecule has 0 bridgehead atoms. The number of rotatable bonds is 5. The normalized spacial score (nSPS) is 10.6. The Morgan fingerprint density at radius 3 is 2.80 bits per heavy atom. The van der Waals surface area contributed by atoms with Crippen molar-refractivity contribution >= 4 is 33.2 Å². The number of thiophene rings is 1. The summed E-state index contributed by atoms with van der Waals surface area (Å²) >= 11 is 0.999. The Morgan fingerprint density at radius 2 is 2.12 bits per heavy atom. The molecule has 0 aliphatic rings. The number of fused-ring (bicyclic) bond motifs is 1. The number of nitrogens with zero attached hydrogens (tertiary/aromatic N) is 2. The third-order valence-corrected chi connectivity index (χ3v) is 4.55. The summed E-state index contributed by atoms with van der Waals surface area (Å²) < 4.78 is 10.4. The summed E-state index contributed by atoms with van der Waals surface area (Å²) in [7, 11) is 1.58. The van der Waals surface area contributed by atoms with Crippen molar-refractivity contribution in [1.82, 2.24) is 4.98 Å². The summed E-state index contributed by atoms with van der Waals surface area (Å²) in [6.07, 6.45) is 0. The Labute approximate surface area is 147 Å². The van der Waals surface area contributed by atoms with Gasteiger partial charge in [0.25, 0.3) is 0 Å². The Morgan fingerprint density at radius 1 is 1.32 bits per heavy atom. The van der Waals surface area contributed by atoms with Gasteiger partial charge in [-0.25, -0.2) is 4.79 Å². The van der Waals surface area contributed by atoms with Crippen LogP contribution < -0.4 is 4.74 Å². The average molecular weight is 358 g/mol. The molecule has 0 saturated heterocycles. The standard InChI is InChI=1S/C17H14N2O5S/c1-10-14(6-12-3-4-13(23-2)7-15(12)18-10)17(20)24-8-11-5-16(19(21)22)25-9-11/h3-7,9H,8H2,1-2H3. The summed E-state index contributed by atoms with van der Waals surface area (Å²) in [4.78, 5) is 27.0. The van der Waals surface area contributed by atoms with Crippen molar-refractivity contribution < 1.29 is 19.2 Å². The van der Waals surface area contributed by atoms with Crippen molar-refractivity contribution in [2.75, 3.05) is 7.11 Å². The molecule has 8 heteroatoms. The smallest absolute Gasteiger partial charge is 0.340 e. The number of hydrogen-bond donors (Lipinski definition) is 0. The van der Waals surface area contributed by atoms with Crippen LogP contribution in [0.25, 0.3) is 10.9 Å². The van der Waals surface area contributed by atoms with E-state index in [-0.39, 0.29) is 11.6 Å². The number of carbonyl (C=O) groups excluding carboxylic acids is 1. The van der Waals surface area contributed by atoms with Crippen molar-refractivity contribution in [3.05, 3.63) is 62.6 Å². The van der Waals surface area contributed by atoms with E-state index >= 15 is 0 Å². The van der Waals surface area contributed by atoms with Gasteiger partial charge in [0.15, 0.2) is 0 Å². The molecule has 0 unspecified atom stereocenters. The maximum Gasteiger partial charge on any atom is 0.340 e. The van der Waals surface area contributed by atoms with Gasteiger partial charge in [0.05, 0.1) is 28.8 Å². The van der Waals surface area contributed by atoms with Crippen LogP contribution in [-0.2, 0) is 11.3 Å². The number of benzene rings is 1. The van der Waals surface area contributed by atoms with Gasteiger partial charge in [0.1, 0.15) is 12.4 Å². The molecule has 0 aliphatic carbocycles. The van der Waals surface area contributed by atoms with E-state index in [1.165, 1.54) is 6.07 Å². The van der Waals surface area contributed by atoms with Crippen molar-refractivity contribution in [2.45, 2.75) is 13.5 Å². The maximum absolute atomic E-state index is 12.3. The lowest BCUT2D eigenvalue weighted by molar-refractivity contribution is -0.380. The highest BCUT2D eigenvalue weighted by molar-refractivity contribution is 7.13. The Kier molecular flexibility index (Phi) is 4.62. The molecule has 0 saturated carbocycles. The van der Waals surface area contributed by atoms with Gasteiger partial charge in [0.2, 0.25) is 0 Å². The van der Waals surface area contributed by atoms with E-state index in [0.717, 1.165) is 22.2 Å². The molecule has 0 atom stereocenters. The van der Waals surface area contributed by atoms with E-state index in [1.807, 2.05) is 6.07 Å². The Balaban J connectivity index is 1.79. The highest BCUT2D eigenvalue weighted by Gasteiger charge is 2.15. The lowest BCUT2D eigenvalue weighted by atomic mass is 10.1. The fourth-order valence-electron chi connectivity index (χ4n) is 2.34. The van der Waals surface area contributed by atoms with E-state index in [0.29, 0.717) is 22.6 Å². The minimum atomic E-state index is -0.517. The van der Waals surface area contributed by atoms with Gasteiger partial charge < -0.3 is 9.47 Å². The number of ether oxygens (including phenoxy) is 2. The van der Waals surface area contributed by atoms with Crippen LogP contribution in [-0.4, -0.2) is 23.0 Å². The van der Waals surface area contributed by atoms with Crippen LogP contribution in [0.4, 0.5) is 5.00 Å². The molecule has 0 fully saturated rings. The number of aryl methyl sites for hydroxylation is 1. The zero-order valence-corrected chi connectivity index (χ0v) is 14.3. The number of esters is 1. The average Bonchev–Trinajstić information content (AvgIpc) is 3.08. The third-order valence-electron chi connectivity index (χ3n) is 3.63. The summed E-state index contributed by atoms with van der Waals surface area (Å²) in [5.41, 5.74) is 2.22. The topological polar surface area (TPSA) is 91.6 Å². The Hall–Kier alpha value is -3.00. The molecule has 0 radical (unpaired) electrons. The SMILES string of the molecule is COc1ccc2cc(C(=O)OCc3csc([N+](=O)[O-])c3)c(C)nc2c1. The molecule has 0 N–H and O–H groups in total. The summed E-state index contributed by atoms with van der Waals surface area (Å²) in [6.45, 7) is 1.70. The number of methoxy groups -OCH3 is 1. The first-order valence-electron chi connectivity index (χ1n) is 7.32. The number of aromatic nitrogens is 1. The van der Waals surface area contributed by atoms with E-state index in [9.17, 15) is 14.9 Å². The van der Waals surface area contributed by atoms with Gasteiger partial charge in [-0.05, 0) is 25.1 Å². The van der Waals surface area contributed by atoms with Crippen LogP contribution >= 0.6 is 11.3 Å². The quantitative estimate of drug-likeness (QED) is 0.390. The van der Waals surface area contributed by atoms with E-state index < -0.39 is 10.9 Å². The summed E-state index contributed by atoms with van der Waals surface area (Å²) in [5, 5.41) is 13.1. The molecule has 7 nitrogen and oxygen atoms in total. The van der Waals surface area contributed by atoms with Crippen LogP contribution in [0.15, 0.2) is 35.7 Å². The number of nitro groups is 1. The molecule has 1 aromatic carbocycles. The largest absolute Gasteiger partial charge is 0.497 e. The predicted octanol–water partition coefficient (Wildman–Crippen LogP) is 3.88. The molecule has 3 aromatic rings. The zero-order valence-electron chi connectivity index (χ0n) is 13.5. The minimum absolute atomic E-state index is 0.0172. The van der Waals surface area contributed by atoms with Crippen molar-refractivity contribution in [3.63, 3.8) is 0 Å². The highest BCUT2D eigenvalue weighted by atomic mass is 32.1. The third kappa shape index (κ3) is 3.58. The van der Waals surface area contributed by atoms with Crippen LogP contribution in [0.1, 0.15) is 21.6 Å². The molecule has 25 heavy (non-hydrogen) atoms. The highest BCUT2D eigenvalue weighted by Crippen LogP contribution is 2.24. The van der Waals surface area contributed by atoms with Gasteiger partial charge in [-0.15, -0.1) is 0 Å². The van der Waals surface area contributed by atoms with Crippen LogP contribution in [0.5, 0.6) is 5.75 Å². The lowest BCUT2D eigenvalue weighted by Crippen LogP contribution is -2.08. The molecule has 0 amide bonds. The molecule has 0 aliphatic heterocycles. The number of pyridine rings is 1. The first kappa shape index (κ1) is 16.8. The summed E-state index contributed by atoms with van der Waals surface area (Å²) in [6, 6.07) is 8.52. The van der Waals surface area contributed by atoms with Gasteiger partial charge in [-0.1, -0.05) is 11.3 Å². The molecule has 2 aromatic heterocycles. The molecule has 2 heterocycles. The zero-order chi connectivity index (χ0) is 18.0. The van der Waals surface area contributed by atoms with Gasteiger partial charge in [-0.3, -0.25) is 15.1 Å². The van der Waals surface area contributed by atoms with Crippen molar-refractivity contribution in [3.8, 4) is 5.75 Å². The molecule has 128 valence electrons. The first-order chi connectivity index (χ1) is 12.0.